The van der Waals surface area contributed by atoms with E-state index in [0.717, 1.165) is 12.8 Å². The standard InChI is InChI=1S/C26H36N6O4/c1-16(2)12-22-25(35)30-19(15-27)14-17-13-18(29-23(17)33)8-4-5-10-21(26(36)32(22)3)31-24(34)20-9-6-7-11-28-20/h6-7,9,11,16-19,21-22H,4-5,8,10,12-14H2,1-3H3,(H,29,33)(H,30,35)(H,31,34)/t17-,18+,19-,21-,22-/m0/s1. The number of likely N-dealkylation sites (N-methyl/N-ethyl adjacent to an activating group) is 1. The zero-order chi connectivity index (χ0) is 26.2. The molecule has 10 nitrogen and oxygen atoms in total. The van der Waals surface area contributed by atoms with Gasteiger partial charge in [-0.25, -0.2) is 0 Å². The van der Waals surface area contributed by atoms with Crippen LogP contribution in [0, 0.1) is 23.2 Å². The Bertz CT molecular complexity index is 992. The van der Waals surface area contributed by atoms with Crippen molar-refractivity contribution in [3.63, 3.8) is 0 Å². The number of nitrogens with one attached hydrogen (secondary N) is 3. The van der Waals surface area contributed by atoms with Crippen LogP contribution in [0.15, 0.2) is 24.4 Å². The summed E-state index contributed by atoms with van der Waals surface area (Å²) in [5.41, 5.74) is 0.205. The van der Waals surface area contributed by atoms with Gasteiger partial charge in [-0.3, -0.25) is 24.2 Å². The Morgan fingerprint density at radius 2 is 1.92 bits per heavy atom. The molecule has 2 saturated heterocycles. The van der Waals surface area contributed by atoms with Crippen molar-refractivity contribution in [1.29, 1.82) is 5.26 Å². The molecule has 0 saturated carbocycles. The van der Waals surface area contributed by atoms with Gasteiger partial charge >= 0.3 is 0 Å². The van der Waals surface area contributed by atoms with E-state index in [1.165, 1.54) is 11.1 Å². The number of pyridine rings is 1. The lowest BCUT2D eigenvalue weighted by atomic mass is 9.94. The second-order valence-corrected chi connectivity index (χ2v) is 10.2. The molecule has 2 aliphatic heterocycles. The summed E-state index contributed by atoms with van der Waals surface area (Å²) in [6.07, 6.45) is 5.30. The lowest BCUT2D eigenvalue weighted by Gasteiger charge is -2.32. The normalized spacial score (nSPS) is 27.9. The molecule has 0 radical (unpaired) electrons. The van der Waals surface area contributed by atoms with E-state index in [9.17, 15) is 24.4 Å². The van der Waals surface area contributed by atoms with Crippen molar-refractivity contribution in [2.75, 3.05) is 7.05 Å². The molecular weight excluding hydrogens is 460 g/mol. The first kappa shape index (κ1) is 27.1. The van der Waals surface area contributed by atoms with Crippen LogP contribution < -0.4 is 16.0 Å². The van der Waals surface area contributed by atoms with E-state index in [-0.39, 0.29) is 41.8 Å². The smallest absolute Gasteiger partial charge is 0.270 e. The van der Waals surface area contributed by atoms with E-state index < -0.39 is 29.9 Å². The lowest BCUT2D eigenvalue weighted by molar-refractivity contribution is -0.141. The van der Waals surface area contributed by atoms with Gasteiger partial charge in [-0.15, -0.1) is 0 Å². The predicted octanol–water partition coefficient (Wildman–Crippen LogP) is 1.53. The molecule has 4 amide bonds. The number of hydrogen-bond donors (Lipinski definition) is 3. The Hall–Kier alpha value is -3.48. The van der Waals surface area contributed by atoms with Gasteiger partial charge < -0.3 is 20.9 Å². The minimum atomic E-state index is -0.838. The highest BCUT2D eigenvalue weighted by molar-refractivity contribution is 5.97. The zero-order valence-corrected chi connectivity index (χ0v) is 21.2. The summed E-state index contributed by atoms with van der Waals surface area (Å²) in [6.45, 7) is 3.90. The number of fused-ring (bicyclic) bond motifs is 2. The number of nitriles is 1. The van der Waals surface area contributed by atoms with E-state index in [0.29, 0.717) is 25.7 Å². The molecule has 3 heterocycles. The maximum Gasteiger partial charge on any atom is 0.270 e. The van der Waals surface area contributed by atoms with Gasteiger partial charge in [0.1, 0.15) is 23.8 Å². The Morgan fingerprint density at radius 3 is 2.58 bits per heavy atom. The lowest BCUT2D eigenvalue weighted by Crippen LogP contribution is -2.56. The molecule has 2 fully saturated rings. The van der Waals surface area contributed by atoms with Crippen LogP contribution in [-0.2, 0) is 14.4 Å². The van der Waals surface area contributed by atoms with Crippen LogP contribution in [0.1, 0.15) is 69.3 Å². The summed E-state index contributed by atoms with van der Waals surface area (Å²) >= 11 is 0. The van der Waals surface area contributed by atoms with Crippen LogP contribution in [0.4, 0.5) is 0 Å². The molecule has 10 heteroatoms. The second-order valence-electron chi connectivity index (χ2n) is 10.2. The summed E-state index contributed by atoms with van der Waals surface area (Å²) < 4.78 is 0. The molecule has 0 aromatic carbocycles. The van der Waals surface area contributed by atoms with Crippen LogP contribution in [0.3, 0.4) is 0 Å². The minimum absolute atomic E-state index is 0.00343. The topological polar surface area (TPSA) is 144 Å². The van der Waals surface area contributed by atoms with Crippen LogP contribution in [0.5, 0.6) is 0 Å². The number of amides is 4. The molecule has 0 spiro atoms. The highest BCUT2D eigenvalue weighted by atomic mass is 16.2. The maximum absolute atomic E-state index is 13.6. The van der Waals surface area contributed by atoms with Gasteiger partial charge in [0.25, 0.3) is 5.91 Å². The summed E-state index contributed by atoms with van der Waals surface area (Å²) in [4.78, 5) is 57.6. The molecule has 0 unspecified atom stereocenters. The molecule has 3 N–H and O–H groups in total. The SMILES string of the molecule is CC(C)C[C@H]1C(=O)N[C@H](C#N)C[C@@H]2C[C@@H](CCCC[C@H](NC(=O)c3ccccn3)C(=O)N1C)NC2=O. The number of rotatable bonds is 4. The second kappa shape index (κ2) is 12.5. The average Bonchev–Trinajstić information content (AvgIpc) is 3.21. The first-order valence-electron chi connectivity index (χ1n) is 12.7. The zero-order valence-electron chi connectivity index (χ0n) is 21.2. The molecule has 194 valence electrons. The fourth-order valence-corrected chi connectivity index (χ4v) is 4.93. The summed E-state index contributed by atoms with van der Waals surface area (Å²) in [6, 6.07) is 4.58. The predicted molar refractivity (Wildman–Crippen MR) is 132 cm³/mol. The third-order valence-electron chi connectivity index (χ3n) is 6.89. The van der Waals surface area contributed by atoms with Crippen LogP contribution >= 0.6 is 0 Å². The van der Waals surface area contributed by atoms with Gasteiger partial charge in [-0.2, -0.15) is 5.26 Å². The first-order chi connectivity index (χ1) is 17.2. The average molecular weight is 497 g/mol. The molecule has 5 atom stereocenters. The van der Waals surface area contributed by atoms with Crippen LogP contribution in [-0.4, -0.2) is 64.7 Å². The quantitative estimate of drug-likeness (QED) is 0.577. The number of hydrogen-bond acceptors (Lipinski definition) is 6. The molecule has 1 aromatic heterocycles. The molecule has 36 heavy (non-hydrogen) atoms. The monoisotopic (exact) mass is 496 g/mol. The van der Waals surface area contributed by atoms with Crippen molar-refractivity contribution < 1.29 is 19.2 Å². The third kappa shape index (κ3) is 7.03. The molecule has 2 bridgehead atoms. The Balaban J connectivity index is 1.87. The minimum Gasteiger partial charge on any atom is -0.353 e. The summed E-state index contributed by atoms with van der Waals surface area (Å²) in [5, 5.41) is 18.2. The Labute approximate surface area is 212 Å². The van der Waals surface area contributed by atoms with Crippen molar-refractivity contribution in [3.05, 3.63) is 30.1 Å². The van der Waals surface area contributed by atoms with E-state index in [2.05, 4.69) is 27.0 Å². The molecule has 0 aliphatic carbocycles. The van der Waals surface area contributed by atoms with Crippen LogP contribution in [0.25, 0.3) is 0 Å². The van der Waals surface area contributed by atoms with Gasteiger partial charge in [0, 0.05) is 25.2 Å². The first-order valence-corrected chi connectivity index (χ1v) is 12.7. The van der Waals surface area contributed by atoms with Crippen LogP contribution in [0.2, 0.25) is 0 Å². The Morgan fingerprint density at radius 1 is 1.17 bits per heavy atom. The Kier molecular flexibility index (Phi) is 9.39. The number of carbonyl (C=O) groups is 4. The number of carbonyl (C=O) groups excluding carboxylic acids is 4. The number of nitrogens with zero attached hydrogens (tertiary/aromatic N) is 3. The van der Waals surface area contributed by atoms with Crippen molar-refractivity contribution in [3.8, 4) is 6.07 Å². The molecule has 1 aromatic rings. The molecule has 2 aliphatic rings. The van der Waals surface area contributed by atoms with Gasteiger partial charge in [0.05, 0.1) is 6.07 Å². The van der Waals surface area contributed by atoms with Gasteiger partial charge in [-0.05, 0) is 50.2 Å². The van der Waals surface area contributed by atoms with Crippen molar-refractivity contribution in [1.82, 2.24) is 25.8 Å². The van der Waals surface area contributed by atoms with Crippen molar-refractivity contribution in [2.24, 2.45) is 11.8 Å². The highest BCUT2D eigenvalue weighted by Crippen LogP contribution is 2.25. The highest BCUT2D eigenvalue weighted by Gasteiger charge is 2.37. The van der Waals surface area contributed by atoms with E-state index in [1.54, 1.807) is 25.2 Å². The molecular formula is C26H36N6O4. The largest absolute Gasteiger partial charge is 0.353 e. The maximum atomic E-state index is 13.6. The van der Waals surface area contributed by atoms with Crippen molar-refractivity contribution >= 4 is 23.6 Å². The summed E-state index contributed by atoms with van der Waals surface area (Å²) in [5.74, 6) is -1.59. The van der Waals surface area contributed by atoms with Gasteiger partial charge in [0.15, 0.2) is 0 Å². The molecule has 3 rings (SSSR count). The van der Waals surface area contributed by atoms with E-state index >= 15 is 0 Å². The fraction of sp³-hybridized carbons (Fsp3) is 0.615. The third-order valence-corrected chi connectivity index (χ3v) is 6.89. The summed E-state index contributed by atoms with van der Waals surface area (Å²) in [7, 11) is 1.56. The fourth-order valence-electron chi connectivity index (χ4n) is 4.93. The van der Waals surface area contributed by atoms with Gasteiger partial charge in [0.2, 0.25) is 17.7 Å². The van der Waals surface area contributed by atoms with Crippen molar-refractivity contribution in [2.45, 2.75) is 83.0 Å². The number of aromatic nitrogens is 1. The van der Waals surface area contributed by atoms with Gasteiger partial charge in [-0.1, -0.05) is 32.8 Å². The van der Waals surface area contributed by atoms with E-state index in [1.807, 2.05) is 13.8 Å². The van der Waals surface area contributed by atoms with E-state index in [4.69, 9.17) is 0 Å².